The molecule has 0 spiro atoms. The Morgan fingerprint density at radius 3 is 2.44 bits per heavy atom. The van der Waals surface area contributed by atoms with Gasteiger partial charge in [0.25, 0.3) is 0 Å². The molecule has 3 aromatic rings. The van der Waals surface area contributed by atoms with Crippen molar-refractivity contribution in [3.8, 4) is 16.9 Å². The number of nitrogens with zero attached hydrogens (tertiary/aromatic N) is 1. The van der Waals surface area contributed by atoms with Crippen molar-refractivity contribution in [3.05, 3.63) is 77.6 Å². The Bertz CT molecular complexity index is 1100. The minimum absolute atomic E-state index is 0.0168. The summed E-state index contributed by atoms with van der Waals surface area (Å²) >= 11 is 0. The molecule has 0 aliphatic carbocycles. The van der Waals surface area contributed by atoms with Crippen molar-refractivity contribution in [3.63, 3.8) is 0 Å². The molecule has 4 rings (SSSR count). The third kappa shape index (κ3) is 4.32. The summed E-state index contributed by atoms with van der Waals surface area (Å²) in [5.41, 5.74) is 3.75. The number of aryl methyl sites for hydroxylation is 1. The van der Waals surface area contributed by atoms with Crippen LogP contribution in [0, 0.1) is 6.92 Å². The summed E-state index contributed by atoms with van der Waals surface area (Å²) < 4.78 is 34.3. The Morgan fingerprint density at radius 1 is 1.19 bits per heavy atom. The van der Waals surface area contributed by atoms with Crippen LogP contribution in [0.5, 0.6) is 5.75 Å². The van der Waals surface area contributed by atoms with Gasteiger partial charge in [0.15, 0.2) is 0 Å². The number of nitrogens with one attached hydrogen (secondary N) is 1. The predicted molar refractivity (Wildman–Crippen MR) is 115 cm³/mol. The zero-order valence-electron chi connectivity index (χ0n) is 17.3. The van der Waals surface area contributed by atoms with Crippen LogP contribution < -0.4 is 10.1 Å². The SMILES string of the molecule is Cc1cc(CO)c(-c2ccc(C3(C(=O)Nc4ccc(OC(F)F)cc4)COC3)cc2)cn1. The lowest BCUT2D eigenvalue weighted by Gasteiger charge is -2.40. The number of ether oxygens (including phenoxy) is 2. The maximum atomic E-state index is 13.1. The quantitative estimate of drug-likeness (QED) is 0.579. The number of carbonyl (C=O) groups is 1. The lowest BCUT2D eigenvalue weighted by atomic mass is 9.77. The van der Waals surface area contributed by atoms with Crippen molar-refractivity contribution in [2.24, 2.45) is 0 Å². The molecule has 1 aliphatic heterocycles. The first kappa shape index (κ1) is 21.9. The maximum Gasteiger partial charge on any atom is 0.387 e. The van der Waals surface area contributed by atoms with Gasteiger partial charge in [-0.1, -0.05) is 24.3 Å². The lowest BCUT2D eigenvalue weighted by molar-refractivity contribution is -0.139. The van der Waals surface area contributed by atoms with Gasteiger partial charge in [0.1, 0.15) is 11.2 Å². The monoisotopic (exact) mass is 440 g/mol. The summed E-state index contributed by atoms with van der Waals surface area (Å²) in [7, 11) is 0. The normalized spacial score (nSPS) is 14.7. The summed E-state index contributed by atoms with van der Waals surface area (Å²) in [6.45, 7) is -0.665. The van der Waals surface area contributed by atoms with E-state index < -0.39 is 12.0 Å². The van der Waals surface area contributed by atoms with E-state index in [1.807, 2.05) is 37.3 Å². The number of aromatic nitrogens is 1. The molecule has 2 N–H and O–H groups in total. The minimum Gasteiger partial charge on any atom is -0.435 e. The van der Waals surface area contributed by atoms with Gasteiger partial charge in [-0.2, -0.15) is 8.78 Å². The lowest BCUT2D eigenvalue weighted by Crippen LogP contribution is -2.55. The Kier molecular flexibility index (Phi) is 6.16. The molecule has 1 saturated heterocycles. The van der Waals surface area contributed by atoms with Crippen LogP contribution >= 0.6 is 0 Å². The van der Waals surface area contributed by atoms with E-state index in [-0.39, 0.29) is 31.5 Å². The Labute approximate surface area is 183 Å². The number of aliphatic hydroxyl groups excluding tert-OH is 1. The van der Waals surface area contributed by atoms with E-state index in [2.05, 4.69) is 15.0 Å². The zero-order chi connectivity index (χ0) is 22.7. The molecule has 0 radical (unpaired) electrons. The van der Waals surface area contributed by atoms with Crippen molar-refractivity contribution in [1.29, 1.82) is 0 Å². The molecule has 0 saturated carbocycles. The van der Waals surface area contributed by atoms with Gasteiger partial charge in [0.05, 0.1) is 19.8 Å². The number of pyridine rings is 1. The molecule has 0 bridgehead atoms. The number of aliphatic hydroxyl groups is 1. The molecule has 1 fully saturated rings. The molecule has 8 heteroatoms. The second-order valence-electron chi connectivity index (χ2n) is 7.65. The van der Waals surface area contributed by atoms with Gasteiger partial charge in [-0.3, -0.25) is 9.78 Å². The first-order valence-electron chi connectivity index (χ1n) is 10.0. The van der Waals surface area contributed by atoms with Crippen LogP contribution in [0.2, 0.25) is 0 Å². The molecule has 2 heterocycles. The number of anilines is 1. The summed E-state index contributed by atoms with van der Waals surface area (Å²) in [5, 5.41) is 12.5. The van der Waals surface area contributed by atoms with Crippen LogP contribution in [0.25, 0.3) is 11.1 Å². The van der Waals surface area contributed by atoms with E-state index in [1.165, 1.54) is 24.3 Å². The number of carbonyl (C=O) groups excluding carboxylic acids is 1. The molecule has 32 heavy (non-hydrogen) atoms. The largest absolute Gasteiger partial charge is 0.435 e. The van der Waals surface area contributed by atoms with Crippen molar-refractivity contribution < 1.29 is 28.2 Å². The van der Waals surface area contributed by atoms with Gasteiger partial charge >= 0.3 is 6.61 Å². The summed E-state index contributed by atoms with van der Waals surface area (Å²) in [6.07, 6.45) is 1.73. The number of rotatable bonds is 7. The Morgan fingerprint density at radius 2 is 1.88 bits per heavy atom. The van der Waals surface area contributed by atoms with Crippen LogP contribution in [0.1, 0.15) is 16.8 Å². The van der Waals surface area contributed by atoms with E-state index >= 15 is 0 Å². The first-order valence-corrected chi connectivity index (χ1v) is 10.0. The fourth-order valence-electron chi connectivity index (χ4n) is 3.68. The fraction of sp³-hybridized carbons (Fsp3) is 0.250. The summed E-state index contributed by atoms with van der Waals surface area (Å²) in [6, 6.07) is 15.1. The molecule has 6 nitrogen and oxygen atoms in total. The van der Waals surface area contributed by atoms with E-state index in [9.17, 15) is 18.7 Å². The Balaban J connectivity index is 1.53. The van der Waals surface area contributed by atoms with Crippen LogP contribution in [-0.4, -0.2) is 35.8 Å². The first-order chi connectivity index (χ1) is 15.4. The standard InChI is InChI=1S/C24H22F2N2O4/c1-15-10-17(12-29)21(11-27-15)16-2-4-18(5-3-16)24(13-31-14-24)22(30)28-19-6-8-20(9-7-19)32-23(25)26/h2-11,23,29H,12-14H2,1H3,(H,28,30). The Hall–Kier alpha value is -3.36. The van der Waals surface area contributed by atoms with Crippen molar-refractivity contribution in [2.45, 2.75) is 25.6 Å². The van der Waals surface area contributed by atoms with Gasteiger partial charge in [-0.05, 0) is 53.9 Å². The van der Waals surface area contributed by atoms with Crippen molar-refractivity contribution in [2.75, 3.05) is 18.5 Å². The highest BCUT2D eigenvalue weighted by molar-refractivity contribution is 6.00. The third-order valence-electron chi connectivity index (χ3n) is 5.51. The summed E-state index contributed by atoms with van der Waals surface area (Å²) in [5.74, 6) is -0.227. The molecule has 0 unspecified atom stereocenters. The smallest absolute Gasteiger partial charge is 0.387 e. The van der Waals surface area contributed by atoms with Crippen molar-refractivity contribution in [1.82, 2.24) is 4.98 Å². The van der Waals surface area contributed by atoms with Gasteiger partial charge in [0, 0.05) is 23.1 Å². The topological polar surface area (TPSA) is 80.7 Å². The fourth-order valence-corrected chi connectivity index (χ4v) is 3.68. The highest BCUT2D eigenvalue weighted by Crippen LogP contribution is 2.35. The highest BCUT2D eigenvalue weighted by atomic mass is 19.3. The second-order valence-corrected chi connectivity index (χ2v) is 7.65. The van der Waals surface area contributed by atoms with Gasteiger partial charge in [-0.15, -0.1) is 0 Å². The highest BCUT2D eigenvalue weighted by Gasteiger charge is 2.47. The van der Waals surface area contributed by atoms with Crippen LogP contribution in [0.4, 0.5) is 14.5 Å². The number of benzene rings is 2. The minimum atomic E-state index is -2.90. The van der Waals surface area contributed by atoms with E-state index in [1.54, 1.807) is 6.20 Å². The zero-order valence-corrected chi connectivity index (χ0v) is 17.3. The molecule has 1 aromatic heterocycles. The molecule has 2 aromatic carbocycles. The molecule has 1 aliphatic rings. The van der Waals surface area contributed by atoms with E-state index in [4.69, 9.17) is 4.74 Å². The number of halogens is 2. The van der Waals surface area contributed by atoms with Crippen LogP contribution in [0.15, 0.2) is 60.8 Å². The number of alkyl halides is 2. The van der Waals surface area contributed by atoms with Crippen molar-refractivity contribution >= 4 is 11.6 Å². The van der Waals surface area contributed by atoms with Gasteiger partial charge in [0.2, 0.25) is 5.91 Å². The molecular formula is C24H22F2N2O4. The molecule has 1 amide bonds. The van der Waals surface area contributed by atoms with Crippen LogP contribution in [-0.2, 0) is 21.6 Å². The predicted octanol–water partition coefficient (Wildman–Crippen LogP) is 4.06. The van der Waals surface area contributed by atoms with Crippen LogP contribution in [0.3, 0.4) is 0 Å². The van der Waals surface area contributed by atoms with E-state index in [0.29, 0.717) is 5.69 Å². The molecule has 166 valence electrons. The van der Waals surface area contributed by atoms with Gasteiger partial charge in [-0.25, -0.2) is 0 Å². The summed E-state index contributed by atoms with van der Waals surface area (Å²) in [4.78, 5) is 17.4. The number of amides is 1. The molecular weight excluding hydrogens is 418 g/mol. The number of hydrogen-bond donors (Lipinski definition) is 2. The second kappa shape index (κ2) is 9.02. The average Bonchev–Trinajstić information content (AvgIpc) is 2.74. The molecule has 0 atom stereocenters. The van der Waals surface area contributed by atoms with Gasteiger partial charge < -0.3 is 19.9 Å². The van der Waals surface area contributed by atoms with E-state index in [0.717, 1.165) is 27.9 Å². The number of hydrogen-bond acceptors (Lipinski definition) is 5. The maximum absolute atomic E-state index is 13.1. The average molecular weight is 440 g/mol. The third-order valence-corrected chi connectivity index (χ3v) is 5.51.